The lowest BCUT2D eigenvalue weighted by Crippen LogP contribution is -2.46. The summed E-state index contributed by atoms with van der Waals surface area (Å²) in [7, 11) is 0. The van der Waals surface area contributed by atoms with Crippen LogP contribution in [0.4, 0.5) is 11.4 Å². The first-order valence-electron chi connectivity index (χ1n) is 6.86. The molecule has 1 aromatic carbocycles. The van der Waals surface area contributed by atoms with Gasteiger partial charge in [0, 0.05) is 12.6 Å². The van der Waals surface area contributed by atoms with Gasteiger partial charge in [0.1, 0.15) is 0 Å². The Bertz CT molecular complexity index is 486. The van der Waals surface area contributed by atoms with Crippen molar-refractivity contribution in [3.63, 3.8) is 0 Å². The Morgan fingerprint density at radius 2 is 2.00 bits per heavy atom. The van der Waals surface area contributed by atoms with E-state index in [0.717, 1.165) is 12.2 Å². The zero-order valence-corrected chi connectivity index (χ0v) is 11.9. The van der Waals surface area contributed by atoms with E-state index in [2.05, 4.69) is 25.7 Å². The average Bonchev–Trinajstić information content (AvgIpc) is 2.33. The molecule has 3 unspecified atom stereocenters. The molecule has 0 radical (unpaired) electrons. The Kier molecular flexibility index (Phi) is 3.69. The fourth-order valence-corrected chi connectivity index (χ4v) is 3.09. The third kappa shape index (κ3) is 2.53. The minimum Gasteiger partial charge on any atom is -0.397 e. The first kappa shape index (κ1) is 13.7. The van der Waals surface area contributed by atoms with Crippen LogP contribution in [0.15, 0.2) is 18.2 Å². The minimum atomic E-state index is -0.416. The van der Waals surface area contributed by atoms with Crippen molar-refractivity contribution < 1.29 is 4.79 Å². The first-order chi connectivity index (χ1) is 8.91. The monoisotopic (exact) mass is 261 g/mol. The number of nitrogen functional groups attached to an aromatic ring is 1. The molecule has 1 aromatic rings. The number of para-hydroxylation sites is 1. The van der Waals surface area contributed by atoms with Gasteiger partial charge in [0.25, 0.3) is 5.91 Å². The van der Waals surface area contributed by atoms with E-state index in [1.807, 2.05) is 6.07 Å². The van der Waals surface area contributed by atoms with E-state index >= 15 is 0 Å². The summed E-state index contributed by atoms with van der Waals surface area (Å²) in [5, 5.41) is 0. The van der Waals surface area contributed by atoms with Gasteiger partial charge in [-0.15, -0.1) is 0 Å². The number of rotatable bonds is 2. The molecule has 2 rings (SSSR count). The molecule has 0 aromatic heterocycles. The van der Waals surface area contributed by atoms with Crippen LogP contribution in [-0.2, 0) is 0 Å². The van der Waals surface area contributed by atoms with Gasteiger partial charge in [-0.3, -0.25) is 4.79 Å². The van der Waals surface area contributed by atoms with Gasteiger partial charge < -0.3 is 16.4 Å². The van der Waals surface area contributed by atoms with Crippen molar-refractivity contribution in [3.8, 4) is 0 Å². The number of anilines is 2. The normalized spacial score (nSPS) is 27.3. The quantitative estimate of drug-likeness (QED) is 0.802. The predicted molar refractivity (Wildman–Crippen MR) is 79.1 cm³/mol. The fraction of sp³-hybridized carbons (Fsp3) is 0.533. The molecule has 1 amide bonds. The molecule has 19 heavy (non-hydrogen) atoms. The Morgan fingerprint density at radius 1 is 1.32 bits per heavy atom. The molecule has 1 saturated heterocycles. The molecule has 1 aliphatic rings. The standard InChI is InChI=1S/C15H23N3O/c1-9-7-10(2)11(3)18(8-9)14-12(15(17)19)5-4-6-13(14)16/h4-6,9-11H,7-8,16H2,1-3H3,(H2,17,19). The SMILES string of the molecule is CC1CC(C)C(C)N(c2c(N)cccc2C(N)=O)C1. The van der Waals surface area contributed by atoms with Gasteiger partial charge in [0.15, 0.2) is 0 Å². The fourth-order valence-electron chi connectivity index (χ4n) is 3.09. The molecule has 104 valence electrons. The summed E-state index contributed by atoms with van der Waals surface area (Å²) in [5.41, 5.74) is 13.5. The number of carbonyl (C=O) groups is 1. The van der Waals surface area contributed by atoms with Gasteiger partial charge in [0.2, 0.25) is 0 Å². The lowest BCUT2D eigenvalue weighted by atomic mass is 9.85. The summed E-state index contributed by atoms with van der Waals surface area (Å²) < 4.78 is 0. The van der Waals surface area contributed by atoms with Crippen molar-refractivity contribution in [2.45, 2.75) is 33.2 Å². The molecule has 0 bridgehead atoms. The van der Waals surface area contributed by atoms with Gasteiger partial charge in [-0.1, -0.05) is 19.9 Å². The van der Waals surface area contributed by atoms with Crippen molar-refractivity contribution in [3.05, 3.63) is 23.8 Å². The number of piperidine rings is 1. The Labute approximate surface area is 114 Å². The van der Waals surface area contributed by atoms with Crippen LogP contribution < -0.4 is 16.4 Å². The second kappa shape index (κ2) is 5.11. The summed E-state index contributed by atoms with van der Waals surface area (Å²) >= 11 is 0. The highest BCUT2D eigenvalue weighted by atomic mass is 16.1. The van der Waals surface area contributed by atoms with Crippen LogP contribution in [0.1, 0.15) is 37.6 Å². The highest BCUT2D eigenvalue weighted by Gasteiger charge is 2.31. The number of carbonyl (C=O) groups excluding carboxylic acids is 1. The maximum absolute atomic E-state index is 11.6. The number of primary amides is 1. The zero-order valence-electron chi connectivity index (χ0n) is 11.9. The van der Waals surface area contributed by atoms with Gasteiger partial charge in [-0.05, 0) is 37.3 Å². The second-order valence-electron chi connectivity index (χ2n) is 5.82. The Hall–Kier alpha value is -1.71. The number of nitrogens with zero attached hydrogens (tertiary/aromatic N) is 1. The van der Waals surface area contributed by atoms with E-state index < -0.39 is 5.91 Å². The van der Waals surface area contributed by atoms with Gasteiger partial charge in [0.05, 0.1) is 16.9 Å². The molecular weight excluding hydrogens is 238 g/mol. The largest absolute Gasteiger partial charge is 0.397 e. The van der Waals surface area contributed by atoms with Crippen LogP contribution in [-0.4, -0.2) is 18.5 Å². The van der Waals surface area contributed by atoms with Crippen LogP contribution in [0.2, 0.25) is 0 Å². The van der Waals surface area contributed by atoms with E-state index in [1.54, 1.807) is 12.1 Å². The summed E-state index contributed by atoms with van der Waals surface area (Å²) in [6.45, 7) is 7.59. The Morgan fingerprint density at radius 3 is 2.63 bits per heavy atom. The van der Waals surface area contributed by atoms with Gasteiger partial charge >= 0.3 is 0 Å². The van der Waals surface area contributed by atoms with Crippen molar-refractivity contribution >= 4 is 17.3 Å². The molecular formula is C15H23N3O. The smallest absolute Gasteiger partial charge is 0.250 e. The number of nitrogens with two attached hydrogens (primary N) is 2. The molecule has 0 aliphatic carbocycles. The predicted octanol–water partition coefficient (Wildman–Crippen LogP) is 2.24. The summed E-state index contributed by atoms with van der Waals surface area (Å²) in [4.78, 5) is 13.9. The maximum atomic E-state index is 11.6. The van der Waals surface area contributed by atoms with E-state index in [1.165, 1.54) is 6.42 Å². The van der Waals surface area contributed by atoms with Crippen molar-refractivity contribution in [1.82, 2.24) is 0 Å². The van der Waals surface area contributed by atoms with Crippen LogP contribution in [0.25, 0.3) is 0 Å². The summed E-state index contributed by atoms with van der Waals surface area (Å²) in [6.07, 6.45) is 1.20. The molecule has 1 aliphatic heterocycles. The van der Waals surface area contributed by atoms with Crippen LogP contribution >= 0.6 is 0 Å². The lowest BCUT2D eigenvalue weighted by Gasteiger charge is -2.43. The summed E-state index contributed by atoms with van der Waals surface area (Å²) in [6, 6.07) is 5.72. The minimum absolute atomic E-state index is 0.360. The van der Waals surface area contributed by atoms with E-state index in [9.17, 15) is 4.79 Å². The molecule has 4 heteroatoms. The Balaban J connectivity index is 2.48. The van der Waals surface area contributed by atoms with Gasteiger partial charge in [-0.25, -0.2) is 0 Å². The van der Waals surface area contributed by atoms with Gasteiger partial charge in [-0.2, -0.15) is 0 Å². The molecule has 0 spiro atoms. The third-order valence-corrected chi connectivity index (χ3v) is 4.22. The molecule has 3 atom stereocenters. The lowest BCUT2D eigenvalue weighted by molar-refractivity contribution is 0.100. The first-order valence-corrected chi connectivity index (χ1v) is 6.86. The zero-order chi connectivity index (χ0) is 14.2. The molecule has 1 fully saturated rings. The van der Waals surface area contributed by atoms with E-state index in [0.29, 0.717) is 29.1 Å². The van der Waals surface area contributed by atoms with Crippen molar-refractivity contribution in [2.24, 2.45) is 17.6 Å². The summed E-state index contributed by atoms with van der Waals surface area (Å²) in [5.74, 6) is 0.746. The van der Waals surface area contributed by atoms with E-state index in [-0.39, 0.29) is 0 Å². The molecule has 0 saturated carbocycles. The maximum Gasteiger partial charge on any atom is 0.250 e. The number of hydrogen-bond acceptors (Lipinski definition) is 3. The number of hydrogen-bond donors (Lipinski definition) is 2. The highest BCUT2D eigenvalue weighted by molar-refractivity contribution is 6.01. The van der Waals surface area contributed by atoms with Crippen LogP contribution in [0.5, 0.6) is 0 Å². The third-order valence-electron chi connectivity index (χ3n) is 4.22. The van der Waals surface area contributed by atoms with Crippen LogP contribution in [0, 0.1) is 11.8 Å². The van der Waals surface area contributed by atoms with E-state index in [4.69, 9.17) is 11.5 Å². The molecule has 4 N–H and O–H groups in total. The highest BCUT2D eigenvalue weighted by Crippen LogP contribution is 2.36. The van der Waals surface area contributed by atoms with Crippen LogP contribution in [0.3, 0.4) is 0 Å². The van der Waals surface area contributed by atoms with Crippen molar-refractivity contribution in [1.29, 1.82) is 0 Å². The van der Waals surface area contributed by atoms with Crippen molar-refractivity contribution in [2.75, 3.05) is 17.2 Å². The molecule has 1 heterocycles. The topological polar surface area (TPSA) is 72.3 Å². The molecule has 4 nitrogen and oxygen atoms in total. The number of benzene rings is 1. The number of amides is 1. The average molecular weight is 261 g/mol. The second-order valence-corrected chi connectivity index (χ2v) is 5.82.